The lowest BCUT2D eigenvalue weighted by Crippen LogP contribution is -2.42. The maximum absolute atomic E-state index is 4.35. The van der Waals surface area contributed by atoms with Crippen molar-refractivity contribution < 1.29 is 0 Å². The zero-order valence-corrected chi connectivity index (χ0v) is 15.5. The summed E-state index contributed by atoms with van der Waals surface area (Å²) in [6.45, 7) is 5.40. The number of aromatic nitrogens is 1. The minimum absolute atomic E-state index is 0.765. The van der Waals surface area contributed by atoms with Crippen LogP contribution in [-0.4, -0.2) is 55.7 Å². The Balaban J connectivity index is 1.37. The van der Waals surface area contributed by atoms with Crippen molar-refractivity contribution in [3.8, 4) is 0 Å². The predicted molar refractivity (Wildman–Crippen MR) is 106 cm³/mol. The summed E-state index contributed by atoms with van der Waals surface area (Å²) >= 11 is 0. The number of piperidine rings is 1. The van der Waals surface area contributed by atoms with E-state index in [2.05, 4.69) is 68.7 Å². The van der Waals surface area contributed by atoms with Crippen LogP contribution in [0.2, 0.25) is 0 Å². The minimum Gasteiger partial charge on any atom is -0.356 e. The van der Waals surface area contributed by atoms with Crippen LogP contribution in [0.25, 0.3) is 10.9 Å². The van der Waals surface area contributed by atoms with Gasteiger partial charge in [-0.1, -0.05) is 18.2 Å². The summed E-state index contributed by atoms with van der Waals surface area (Å²) in [5.41, 5.74) is 1.31. The summed E-state index contributed by atoms with van der Waals surface area (Å²) in [7, 11) is 4.06. The molecule has 0 saturated carbocycles. The highest BCUT2D eigenvalue weighted by Crippen LogP contribution is 2.15. The minimum atomic E-state index is 0.765. The molecule has 0 amide bonds. The first-order chi connectivity index (χ1) is 12.3. The Labute approximate surface area is 151 Å². The highest BCUT2D eigenvalue weighted by molar-refractivity contribution is 5.80. The fraction of sp³-hybridized carbons (Fsp3) is 0.550. The third-order valence-electron chi connectivity index (χ3n) is 5.17. The largest absolute Gasteiger partial charge is 0.356 e. The molecule has 0 unspecified atom stereocenters. The molecule has 1 fully saturated rings. The Morgan fingerprint density at radius 1 is 1.16 bits per heavy atom. The molecule has 2 aromatic rings. The number of hydrogen-bond donors (Lipinski definition) is 2. The third kappa shape index (κ3) is 4.98. The number of guanidine groups is 1. The average molecular weight is 342 g/mol. The molecule has 5 nitrogen and oxygen atoms in total. The van der Waals surface area contributed by atoms with Gasteiger partial charge in [0.2, 0.25) is 0 Å². The van der Waals surface area contributed by atoms with Crippen LogP contribution < -0.4 is 10.6 Å². The smallest absolute Gasteiger partial charge is 0.190 e. The second-order valence-electron chi connectivity index (χ2n) is 7.05. The summed E-state index contributed by atoms with van der Waals surface area (Å²) in [5.74, 6) is 1.69. The summed E-state index contributed by atoms with van der Waals surface area (Å²) < 4.78 is 2.33. The zero-order chi connectivity index (χ0) is 17.5. The molecule has 0 atom stereocenters. The molecular weight excluding hydrogens is 310 g/mol. The van der Waals surface area contributed by atoms with E-state index < -0.39 is 0 Å². The average Bonchev–Trinajstić information content (AvgIpc) is 3.06. The molecule has 25 heavy (non-hydrogen) atoms. The van der Waals surface area contributed by atoms with Crippen LogP contribution in [0.5, 0.6) is 0 Å². The van der Waals surface area contributed by atoms with Gasteiger partial charge in [-0.05, 0) is 62.8 Å². The summed E-state index contributed by atoms with van der Waals surface area (Å²) in [6, 6.07) is 10.7. The lowest BCUT2D eigenvalue weighted by atomic mass is 9.97. The summed E-state index contributed by atoms with van der Waals surface area (Å²) in [6.07, 6.45) is 5.81. The highest BCUT2D eigenvalue weighted by atomic mass is 15.2. The van der Waals surface area contributed by atoms with Crippen molar-refractivity contribution in [3.05, 3.63) is 36.5 Å². The second-order valence-corrected chi connectivity index (χ2v) is 7.05. The molecular formula is C20H31N5. The van der Waals surface area contributed by atoms with Gasteiger partial charge in [0.15, 0.2) is 5.96 Å². The maximum atomic E-state index is 4.35. The number of rotatable bonds is 6. The number of nitrogens with one attached hydrogen (secondary N) is 2. The van der Waals surface area contributed by atoms with Gasteiger partial charge in [-0.2, -0.15) is 0 Å². The van der Waals surface area contributed by atoms with Gasteiger partial charge < -0.3 is 20.1 Å². The van der Waals surface area contributed by atoms with E-state index in [0.717, 1.165) is 37.9 Å². The van der Waals surface area contributed by atoms with Gasteiger partial charge in [-0.3, -0.25) is 4.99 Å². The van der Waals surface area contributed by atoms with Crippen LogP contribution in [0.15, 0.2) is 41.5 Å². The van der Waals surface area contributed by atoms with Crippen LogP contribution >= 0.6 is 0 Å². The van der Waals surface area contributed by atoms with Crippen molar-refractivity contribution >= 4 is 16.9 Å². The Morgan fingerprint density at radius 2 is 1.96 bits per heavy atom. The first-order valence-electron chi connectivity index (χ1n) is 9.43. The van der Waals surface area contributed by atoms with E-state index in [4.69, 9.17) is 0 Å². The number of likely N-dealkylation sites (tertiary alicyclic amines) is 1. The Bertz CT molecular complexity index is 682. The van der Waals surface area contributed by atoms with Crippen LogP contribution in [0.1, 0.15) is 19.3 Å². The van der Waals surface area contributed by atoms with Crippen LogP contribution in [0.3, 0.4) is 0 Å². The quantitative estimate of drug-likeness (QED) is 0.482. The van der Waals surface area contributed by atoms with E-state index >= 15 is 0 Å². The first kappa shape index (κ1) is 17.8. The van der Waals surface area contributed by atoms with Gasteiger partial charge in [0.25, 0.3) is 0 Å². The monoisotopic (exact) mass is 341 g/mol. The highest BCUT2D eigenvalue weighted by Gasteiger charge is 2.16. The summed E-state index contributed by atoms with van der Waals surface area (Å²) in [5, 5.41) is 8.25. The standard InChI is InChI=1S/C20H31N5/c1-21-20(23-16-17-8-13-24(2)14-9-17)22-11-5-12-25-15-10-18-6-3-4-7-19(18)25/h3-4,6-7,10,15,17H,5,8-9,11-14,16H2,1-2H3,(H2,21,22,23). The lowest BCUT2D eigenvalue weighted by Gasteiger charge is -2.29. The van der Waals surface area contributed by atoms with Crippen molar-refractivity contribution in [2.75, 3.05) is 40.3 Å². The molecule has 1 aromatic heterocycles. The van der Waals surface area contributed by atoms with Crippen molar-refractivity contribution in [1.82, 2.24) is 20.1 Å². The summed E-state index contributed by atoms with van der Waals surface area (Å²) in [4.78, 5) is 6.76. The number of aliphatic imine (C=N–C) groups is 1. The molecule has 0 radical (unpaired) electrons. The van der Waals surface area contributed by atoms with Gasteiger partial charge in [-0.15, -0.1) is 0 Å². The molecule has 136 valence electrons. The Kier molecular flexibility index (Phi) is 6.34. The van der Waals surface area contributed by atoms with Gasteiger partial charge >= 0.3 is 0 Å². The van der Waals surface area contributed by atoms with Gasteiger partial charge in [-0.25, -0.2) is 0 Å². The molecule has 5 heteroatoms. The topological polar surface area (TPSA) is 44.6 Å². The first-order valence-corrected chi connectivity index (χ1v) is 9.43. The van der Waals surface area contributed by atoms with E-state index in [-0.39, 0.29) is 0 Å². The number of fused-ring (bicyclic) bond motifs is 1. The van der Waals surface area contributed by atoms with E-state index in [0.29, 0.717) is 0 Å². The predicted octanol–water partition coefficient (Wildman–Crippen LogP) is 2.54. The van der Waals surface area contributed by atoms with Crippen LogP contribution in [-0.2, 0) is 6.54 Å². The maximum Gasteiger partial charge on any atom is 0.190 e. The molecule has 3 rings (SSSR count). The number of aryl methyl sites for hydroxylation is 1. The van der Waals surface area contributed by atoms with Crippen molar-refractivity contribution in [2.24, 2.45) is 10.9 Å². The number of hydrogen-bond acceptors (Lipinski definition) is 2. The molecule has 1 aliphatic rings. The molecule has 0 bridgehead atoms. The van der Waals surface area contributed by atoms with Crippen molar-refractivity contribution in [1.29, 1.82) is 0 Å². The number of benzene rings is 1. The molecule has 1 saturated heterocycles. The van der Waals surface area contributed by atoms with E-state index in [1.165, 1.54) is 36.8 Å². The van der Waals surface area contributed by atoms with Gasteiger partial charge in [0.1, 0.15) is 0 Å². The van der Waals surface area contributed by atoms with Gasteiger partial charge in [0, 0.05) is 38.4 Å². The van der Waals surface area contributed by atoms with E-state index in [1.54, 1.807) is 0 Å². The molecule has 0 spiro atoms. The lowest BCUT2D eigenvalue weighted by molar-refractivity contribution is 0.220. The Hall–Kier alpha value is -2.01. The molecule has 0 aliphatic carbocycles. The second kappa shape index (κ2) is 8.90. The molecule has 2 N–H and O–H groups in total. The van der Waals surface area contributed by atoms with Crippen LogP contribution in [0.4, 0.5) is 0 Å². The molecule has 2 heterocycles. The number of nitrogens with zero attached hydrogens (tertiary/aromatic N) is 3. The van der Waals surface area contributed by atoms with E-state index in [9.17, 15) is 0 Å². The van der Waals surface area contributed by atoms with Gasteiger partial charge in [0.05, 0.1) is 0 Å². The van der Waals surface area contributed by atoms with Crippen LogP contribution in [0, 0.1) is 5.92 Å². The van der Waals surface area contributed by atoms with Crippen molar-refractivity contribution in [3.63, 3.8) is 0 Å². The van der Waals surface area contributed by atoms with Crippen molar-refractivity contribution in [2.45, 2.75) is 25.8 Å². The number of para-hydroxylation sites is 1. The SMILES string of the molecule is CN=C(NCCCn1ccc2ccccc21)NCC1CCN(C)CC1. The zero-order valence-electron chi connectivity index (χ0n) is 15.5. The molecule has 1 aromatic carbocycles. The van der Waals surface area contributed by atoms with E-state index in [1.807, 2.05) is 7.05 Å². The third-order valence-corrected chi connectivity index (χ3v) is 5.17. The fourth-order valence-electron chi connectivity index (χ4n) is 3.52. The Morgan fingerprint density at radius 3 is 2.76 bits per heavy atom. The fourth-order valence-corrected chi connectivity index (χ4v) is 3.52. The molecule has 1 aliphatic heterocycles. The normalized spacial score (nSPS) is 17.1.